The summed E-state index contributed by atoms with van der Waals surface area (Å²) in [4.78, 5) is 51.7. The number of para-hydroxylation sites is 2. The molecule has 14 nitrogen and oxygen atoms in total. The first-order chi connectivity index (χ1) is 24.9. The highest BCUT2D eigenvalue weighted by Gasteiger charge is 2.21. The number of hydrogen-bond donors (Lipinski definition) is 4. The highest BCUT2D eigenvalue weighted by molar-refractivity contribution is 7.92. The van der Waals surface area contributed by atoms with Crippen molar-refractivity contribution in [3.8, 4) is 0 Å². The first-order valence-electron chi connectivity index (χ1n) is 16.9. The van der Waals surface area contributed by atoms with E-state index in [4.69, 9.17) is 9.57 Å². The fraction of sp³-hybridized carbons (Fsp3) is 0.324. The van der Waals surface area contributed by atoms with E-state index in [1.54, 1.807) is 62.4 Å². The van der Waals surface area contributed by atoms with Gasteiger partial charge in [0.2, 0.25) is 21.9 Å². The number of anilines is 5. The van der Waals surface area contributed by atoms with E-state index < -0.39 is 22.1 Å². The van der Waals surface area contributed by atoms with Gasteiger partial charge in [0.05, 0.1) is 30.3 Å². The number of unbranched alkanes of at least 4 members (excludes halogenated alkanes) is 3. The van der Waals surface area contributed by atoms with E-state index >= 15 is 0 Å². The van der Waals surface area contributed by atoms with Gasteiger partial charge in [-0.25, -0.2) is 23.7 Å². The maximum absolute atomic E-state index is 12.9. The zero-order valence-corrected chi connectivity index (χ0v) is 30.5. The molecule has 0 bridgehead atoms. The number of hydroxylamine groups is 1. The summed E-state index contributed by atoms with van der Waals surface area (Å²) >= 11 is 0. The number of carbonyl (C=O) groups excluding carboxylic acids is 3. The van der Waals surface area contributed by atoms with E-state index in [-0.39, 0.29) is 29.1 Å². The number of aromatic nitrogens is 2. The van der Waals surface area contributed by atoms with Crippen LogP contribution in [-0.4, -0.2) is 62.1 Å². The molecule has 4 rings (SSSR count). The molecule has 0 saturated carbocycles. The van der Waals surface area contributed by atoms with Crippen LogP contribution in [0.3, 0.4) is 0 Å². The Balaban J connectivity index is 1.27. The molecular formula is C37H45N7O7S. The lowest BCUT2D eigenvalue weighted by atomic mass is 10.1. The number of amides is 2. The van der Waals surface area contributed by atoms with Gasteiger partial charge in [-0.1, -0.05) is 55.3 Å². The second-order valence-corrected chi connectivity index (χ2v) is 14.2. The van der Waals surface area contributed by atoms with E-state index in [2.05, 4.69) is 31.4 Å². The monoisotopic (exact) mass is 731 g/mol. The molecule has 0 aliphatic heterocycles. The molecule has 2 amide bonds. The number of carbonyl (C=O) groups is 3. The van der Waals surface area contributed by atoms with Crippen molar-refractivity contribution in [2.45, 2.75) is 58.7 Å². The Labute approximate surface area is 304 Å². The molecule has 0 fully saturated rings. The van der Waals surface area contributed by atoms with Crippen molar-refractivity contribution < 1.29 is 32.4 Å². The molecule has 4 aromatic rings. The molecule has 15 heteroatoms. The molecule has 0 unspecified atom stereocenters. The van der Waals surface area contributed by atoms with E-state index in [1.165, 1.54) is 13.2 Å². The summed E-state index contributed by atoms with van der Waals surface area (Å²) in [7, 11) is -2.15. The van der Waals surface area contributed by atoms with Crippen LogP contribution in [-0.2, 0) is 31.0 Å². The lowest BCUT2D eigenvalue weighted by Gasteiger charge is -2.21. The normalized spacial score (nSPS) is 11.1. The number of ether oxygens (including phenoxy) is 1. The molecule has 0 aliphatic carbocycles. The smallest absolute Gasteiger partial charge is 0.343 e. The van der Waals surface area contributed by atoms with Gasteiger partial charge in [-0.05, 0) is 68.7 Å². The zero-order valence-electron chi connectivity index (χ0n) is 29.7. The Bertz CT molecular complexity index is 1910. The topological polar surface area (TPSA) is 181 Å². The molecular weight excluding hydrogens is 687 g/mol. The Morgan fingerprint density at radius 3 is 2.27 bits per heavy atom. The summed E-state index contributed by atoms with van der Waals surface area (Å²) in [5, 5.41) is 9.07. The van der Waals surface area contributed by atoms with Crippen LogP contribution >= 0.6 is 0 Å². The minimum atomic E-state index is -3.58. The highest BCUT2D eigenvalue weighted by atomic mass is 32.2. The van der Waals surface area contributed by atoms with E-state index in [9.17, 15) is 22.8 Å². The molecule has 3 aromatic carbocycles. The first-order valence-corrected chi connectivity index (χ1v) is 18.7. The number of nitrogens with one attached hydrogen (secondary N) is 4. The predicted octanol–water partition coefficient (Wildman–Crippen LogP) is 5.85. The van der Waals surface area contributed by atoms with Gasteiger partial charge >= 0.3 is 5.97 Å². The molecule has 0 saturated heterocycles. The van der Waals surface area contributed by atoms with Crippen LogP contribution < -0.4 is 25.7 Å². The standard InChI is InChI=1S/C37H45N7O7S/c1-26(2)51-36(47)30-24-39-37(42-34(30)41-31-16-11-12-17-32(31)44(3)52(4,48)49)40-29-21-19-28(20-22-29)35(46)38-23-13-6-5-10-18-33(45)43-50-25-27-14-8-7-9-15-27/h7-9,11-12,14-17,19-22,24,26H,5-6,10,13,18,23,25H2,1-4H3,(H,38,46)(H,43,45)(H2,39,40,41,42). The van der Waals surface area contributed by atoms with Gasteiger partial charge in [-0.3, -0.25) is 18.7 Å². The number of rotatable bonds is 19. The molecule has 0 spiro atoms. The molecule has 0 atom stereocenters. The zero-order chi connectivity index (χ0) is 37.5. The lowest BCUT2D eigenvalue weighted by molar-refractivity contribution is -0.134. The lowest BCUT2D eigenvalue weighted by Crippen LogP contribution is -2.25. The van der Waals surface area contributed by atoms with Crippen LogP contribution in [0.4, 0.5) is 28.8 Å². The number of esters is 1. The van der Waals surface area contributed by atoms with Gasteiger partial charge in [0.25, 0.3) is 5.91 Å². The number of benzene rings is 3. The molecule has 1 heterocycles. The van der Waals surface area contributed by atoms with Gasteiger partial charge in [-0.15, -0.1) is 0 Å². The molecule has 52 heavy (non-hydrogen) atoms. The molecule has 0 radical (unpaired) electrons. The Morgan fingerprint density at radius 2 is 1.56 bits per heavy atom. The van der Waals surface area contributed by atoms with E-state index in [1.807, 2.05) is 30.3 Å². The third kappa shape index (κ3) is 12.3. The Hall–Kier alpha value is -5.54. The van der Waals surface area contributed by atoms with Crippen LogP contribution in [0.1, 0.15) is 72.2 Å². The maximum Gasteiger partial charge on any atom is 0.343 e. The fourth-order valence-electron chi connectivity index (χ4n) is 4.85. The van der Waals surface area contributed by atoms with Gasteiger partial charge in [-0.2, -0.15) is 4.98 Å². The third-order valence-corrected chi connectivity index (χ3v) is 8.82. The van der Waals surface area contributed by atoms with Crippen LogP contribution in [0.2, 0.25) is 0 Å². The number of hydrogen-bond acceptors (Lipinski definition) is 11. The molecule has 1 aromatic heterocycles. The van der Waals surface area contributed by atoms with E-state index in [0.717, 1.165) is 41.8 Å². The average molecular weight is 732 g/mol. The van der Waals surface area contributed by atoms with Gasteiger partial charge in [0, 0.05) is 37.5 Å². The van der Waals surface area contributed by atoms with Crippen LogP contribution in [0.15, 0.2) is 85.1 Å². The van der Waals surface area contributed by atoms with Crippen LogP contribution in [0.25, 0.3) is 0 Å². The van der Waals surface area contributed by atoms with Crippen molar-refractivity contribution in [3.05, 3.63) is 102 Å². The summed E-state index contributed by atoms with van der Waals surface area (Å²) in [6, 6.07) is 23.1. The van der Waals surface area contributed by atoms with Gasteiger partial charge in [0.1, 0.15) is 5.56 Å². The third-order valence-electron chi connectivity index (χ3n) is 7.63. The molecule has 4 N–H and O–H groups in total. The van der Waals surface area contributed by atoms with Crippen LogP contribution in [0, 0.1) is 0 Å². The molecule has 0 aliphatic rings. The SMILES string of the molecule is CC(C)OC(=O)c1cnc(Nc2ccc(C(=O)NCCCCCCC(=O)NOCc3ccccc3)cc2)nc1Nc1ccccc1N(C)S(C)(=O)=O. The minimum absolute atomic E-state index is 0.0534. The quantitative estimate of drug-likeness (QED) is 0.0516. The first kappa shape index (κ1) is 39.2. The Morgan fingerprint density at radius 1 is 0.865 bits per heavy atom. The van der Waals surface area contributed by atoms with Crippen molar-refractivity contribution in [2.24, 2.45) is 0 Å². The van der Waals surface area contributed by atoms with E-state index in [0.29, 0.717) is 42.2 Å². The summed E-state index contributed by atoms with van der Waals surface area (Å²) in [6.45, 7) is 4.26. The van der Waals surface area contributed by atoms with Gasteiger partial charge in [0.15, 0.2) is 5.82 Å². The van der Waals surface area contributed by atoms with Gasteiger partial charge < -0.3 is 20.7 Å². The summed E-state index contributed by atoms with van der Waals surface area (Å²) in [5.74, 6) is -0.775. The summed E-state index contributed by atoms with van der Waals surface area (Å²) in [6.07, 6.45) is 5.62. The Kier molecular flexibility index (Phi) is 14.5. The highest BCUT2D eigenvalue weighted by Crippen LogP contribution is 2.31. The minimum Gasteiger partial charge on any atom is -0.459 e. The van der Waals surface area contributed by atoms with Crippen molar-refractivity contribution in [3.63, 3.8) is 0 Å². The van der Waals surface area contributed by atoms with Crippen LogP contribution in [0.5, 0.6) is 0 Å². The fourth-order valence-corrected chi connectivity index (χ4v) is 5.37. The summed E-state index contributed by atoms with van der Waals surface area (Å²) < 4.78 is 31.1. The maximum atomic E-state index is 12.9. The number of sulfonamides is 1. The summed E-state index contributed by atoms with van der Waals surface area (Å²) in [5.41, 5.74) is 5.30. The second kappa shape index (κ2) is 19.2. The second-order valence-electron chi connectivity index (χ2n) is 12.2. The average Bonchev–Trinajstić information content (AvgIpc) is 3.11. The largest absolute Gasteiger partial charge is 0.459 e. The number of nitrogens with zero attached hydrogens (tertiary/aromatic N) is 3. The predicted molar refractivity (Wildman–Crippen MR) is 200 cm³/mol. The van der Waals surface area contributed by atoms with Crippen molar-refractivity contribution in [1.82, 2.24) is 20.8 Å². The van der Waals surface area contributed by atoms with Crippen molar-refractivity contribution >= 4 is 56.6 Å². The van der Waals surface area contributed by atoms with Crippen molar-refractivity contribution in [1.29, 1.82) is 0 Å². The molecule has 276 valence electrons. The van der Waals surface area contributed by atoms with Crippen molar-refractivity contribution in [2.75, 3.05) is 34.8 Å².